The maximum atomic E-state index is 6.23. The van der Waals surface area contributed by atoms with Crippen LogP contribution in [0.4, 0.5) is 0 Å². The number of nitrogens with one attached hydrogen (secondary N) is 4. The van der Waals surface area contributed by atoms with Crippen LogP contribution in [-0.4, -0.2) is 39.9 Å². The highest BCUT2D eigenvalue weighted by Crippen LogP contribution is 2.51. The Hall–Kier alpha value is -9.92. The molecule has 0 unspecified atom stereocenters. The summed E-state index contributed by atoms with van der Waals surface area (Å²) in [6.45, 7) is 55.8. The van der Waals surface area contributed by atoms with Gasteiger partial charge in [0.15, 0.2) is 0 Å². The van der Waals surface area contributed by atoms with E-state index in [1.807, 2.05) is 0 Å². The molecular formula is C96H102N8. The summed E-state index contributed by atoms with van der Waals surface area (Å²) in [7, 11) is 0. The number of benzene rings is 6. The van der Waals surface area contributed by atoms with Crippen molar-refractivity contribution >= 4 is 123 Å². The molecule has 4 N–H and O–H groups in total. The van der Waals surface area contributed by atoms with Crippen molar-refractivity contribution in [2.24, 2.45) is 0 Å². The van der Waals surface area contributed by atoms with Crippen molar-refractivity contribution in [1.82, 2.24) is 39.9 Å². The number of H-pyrrole nitrogens is 4. The Kier molecular flexibility index (Phi) is 15.0. The Balaban J connectivity index is 1.20. The molecule has 526 valence electrons. The molecule has 0 saturated carbocycles. The Bertz CT molecular complexity index is 5710. The van der Waals surface area contributed by atoms with Gasteiger partial charge in [-0.05, 0) is 195 Å². The molecule has 14 aromatic rings. The number of rotatable bonds is 4. The summed E-state index contributed by atoms with van der Waals surface area (Å²) in [5.41, 5.74) is 32.2. The first-order valence-electron chi connectivity index (χ1n) is 37.6. The minimum atomic E-state index is -0.155. The minimum Gasteiger partial charge on any atom is -0.355 e. The molecule has 0 fully saturated rings. The van der Waals surface area contributed by atoms with Crippen LogP contribution in [0.15, 0.2) is 133 Å². The zero-order chi connectivity index (χ0) is 74.0. The van der Waals surface area contributed by atoms with E-state index in [1.165, 1.54) is 44.5 Å². The molecule has 16 bridgehead atoms. The largest absolute Gasteiger partial charge is 0.355 e. The summed E-state index contributed by atoms with van der Waals surface area (Å²) in [5.74, 6) is 0. The summed E-state index contributed by atoms with van der Waals surface area (Å²) < 4.78 is 0. The maximum absolute atomic E-state index is 6.23. The number of fused-ring (bicyclic) bond motifs is 14. The van der Waals surface area contributed by atoms with E-state index in [9.17, 15) is 0 Å². The van der Waals surface area contributed by atoms with Gasteiger partial charge < -0.3 is 19.9 Å². The number of nitrogens with zero attached hydrogens (tertiary/aromatic N) is 4. The van der Waals surface area contributed by atoms with E-state index < -0.39 is 0 Å². The quantitative estimate of drug-likeness (QED) is 0.141. The lowest BCUT2D eigenvalue weighted by Crippen LogP contribution is -2.16. The van der Waals surface area contributed by atoms with Gasteiger partial charge in [0.05, 0.1) is 55.9 Å². The standard InChI is InChI=1S/C96H102N8/c1-89(2,3)55-33-51(34-56(41-55)90(4,5)6)79-71-29-25-63(97-71)45-64-26-30-72(98-64)81(53-37-59(93(13,14)15)43-60(38-53)94(16,17)18)77-49-69-70-50-78-82(54-39-61(95(19,20)21)44-62(40-54)96(22,23)24)74-32-28-66(100-74)46-65-27-31-73(99-65)80(52-35-57(91(7,8)9)42-58(36-52)92(10,11)12)76-48-68-67-47-75(79)101-85(67)83(87(69)103-77)84(86(68)102-76)88(70)104-78/h25-50,97,99,103-104H,1-24H3. The highest BCUT2D eigenvalue weighted by Gasteiger charge is 2.31. The van der Waals surface area contributed by atoms with E-state index in [1.54, 1.807) is 0 Å². The Morgan fingerprint density at radius 2 is 0.519 bits per heavy atom. The summed E-state index contributed by atoms with van der Waals surface area (Å²) in [4.78, 5) is 40.5. The van der Waals surface area contributed by atoms with Crippen LogP contribution in [0.5, 0.6) is 0 Å². The molecule has 2 aliphatic heterocycles. The molecule has 8 nitrogen and oxygen atoms in total. The predicted molar refractivity (Wildman–Crippen MR) is 448 cm³/mol. The van der Waals surface area contributed by atoms with Crippen LogP contribution in [0.1, 0.15) is 233 Å². The van der Waals surface area contributed by atoms with Crippen LogP contribution in [0.3, 0.4) is 0 Å². The summed E-state index contributed by atoms with van der Waals surface area (Å²) >= 11 is 0. The van der Waals surface area contributed by atoms with Gasteiger partial charge in [0.1, 0.15) is 0 Å². The van der Waals surface area contributed by atoms with Crippen molar-refractivity contribution in [2.75, 3.05) is 0 Å². The Labute approximate surface area is 613 Å². The third kappa shape index (κ3) is 11.8. The van der Waals surface area contributed by atoms with Gasteiger partial charge in [0.2, 0.25) is 0 Å². The smallest absolute Gasteiger partial charge is 0.0818 e. The normalized spacial score (nSPS) is 13.9. The summed E-state index contributed by atoms with van der Waals surface area (Å²) in [5, 5.41) is 6.17. The molecule has 0 radical (unpaired) electrons. The van der Waals surface area contributed by atoms with Crippen LogP contribution in [0.25, 0.3) is 167 Å². The number of aromatic amines is 4. The molecule has 8 heteroatoms. The predicted octanol–water partition coefficient (Wildman–Crippen LogP) is 26.7. The topological polar surface area (TPSA) is 115 Å². The fourth-order valence-corrected chi connectivity index (χ4v) is 15.7. The summed E-state index contributed by atoms with van der Waals surface area (Å²) in [6.07, 6.45) is 8.79. The van der Waals surface area contributed by atoms with Gasteiger partial charge in [-0.15, -0.1) is 0 Å². The Morgan fingerprint density at radius 1 is 0.240 bits per heavy atom. The molecule has 0 aliphatic carbocycles. The highest BCUT2D eigenvalue weighted by molar-refractivity contribution is 6.39. The van der Waals surface area contributed by atoms with Crippen LogP contribution in [-0.2, 0) is 43.3 Å². The van der Waals surface area contributed by atoms with Crippen molar-refractivity contribution < 1.29 is 0 Å². The molecule has 0 spiro atoms. The lowest BCUT2D eigenvalue weighted by molar-refractivity contribution is 0.568. The van der Waals surface area contributed by atoms with Crippen molar-refractivity contribution in [1.29, 1.82) is 0 Å². The SMILES string of the molecule is CC(C)(C)c1cc(-c2c3nc(cc4ccc([nH]4)c(-c4cc(C(C)(C)C)cc(C(C)(C)C)c4)c4cc5c6cc7nc6c6c8[nH]c(cc8c8cc2[nH]c8c6c5n4)c(-c2cc(C(C)(C)C)cc(C(C)(C)C)c2)c2nc(cc4ccc([nH]4)c7-c4cc(C(C)(C)C)cc(C(C)(C)C)c4)C=C2)C=C3)cc(C(C)(C)C)c1. The minimum absolute atomic E-state index is 0.155. The second kappa shape index (κ2) is 22.8. The van der Waals surface area contributed by atoms with E-state index in [0.717, 1.165) is 166 Å². The number of hydrogen-bond donors (Lipinski definition) is 4. The van der Waals surface area contributed by atoms with Crippen molar-refractivity contribution in [3.8, 4) is 44.5 Å². The van der Waals surface area contributed by atoms with Gasteiger partial charge in [0.25, 0.3) is 0 Å². The van der Waals surface area contributed by atoms with Crippen LogP contribution < -0.4 is 0 Å². The molecule has 6 aromatic carbocycles. The van der Waals surface area contributed by atoms with Crippen LogP contribution >= 0.6 is 0 Å². The molecule has 0 amide bonds. The molecule has 10 heterocycles. The third-order valence-electron chi connectivity index (χ3n) is 22.2. The first-order valence-corrected chi connectivity index (χ1v) is 37.6. The average molecular weight is 1370 g/mol. The average Bonchev–Trinajstić information content (AvgIpc) is 1.52. The molecule has 0 atom stereocenters. The van der Waals surface area contributed by atoms with Gasteiger partial charge in [-0.2, -0.15) is 0 Å². The Morgan fingerprint density at radius 3 is 0.798 bits per heavy atom. The van der Waals surface area contributed by atoms with Gasteiger partial charge >= 0.3 is 0 Å². The zero-order valence-corrected chi connectivity index (χ0v) is 65.8. The molecule has 104 heavy (non-hydrogen) atoms. The molecule has 2 aliphatic rings. The van der Waals surface area contributed by atoms with Crippen molar-refractivity contribution in [3.63, 3.8) is 0 Å². The lowest BCUT2D eigenvalue weighted by atomic mass is 9.78. The molecule has 0 saturated heterocycles. The van der Waals surface area contributed by atoms with E-state index in [0.29, 0.717) is 0 Å². The summed E-state index contributed by atoms with van der Waals surface area (Å²) in [6, 6.07) is 51.9. The van der Waals surface area contributed by atoms with Gasteiger partial charge in [-0.25, -0.2) is 19.9 Å². The highest BCUT2D eigenvalue weighted by atomic mass is 14.8. The molecule has 16 rings (SSSR count). The molecular weight excluding hydrogens is 1270 g/mol. The maximum Gasteiger partial charge on any atom is 0.0818 e. The van der Waals surface area contributed by atoms with E-state index >= 15 is 0 Å². The van der Waals surface area contributed by atoms with Gasteiger partial charge in [0, 0.05) is 87.7 Å². The first-order chi connectivity index (χ1) is 48.5. The van der Waals surface area contributed by atoms with Crippen LogP contribution in [0.2, 0.25) is 0 Å². The fraction of sp³-hybridized carbons (Fsp3) is 0.333. The van der Waals surface area contributed by atoms with E-state index in [-0.39, 0.29) is 43.3 Å². The lowest BCUT2D eigenvalue weighted by Gasteiger charge is -2.26. The monoisotopic (exact) mass is 1370 g/mol. The second-order valence-corrected chi connectivity index (χ2v) is 38.7. The second-order valence-electron chi connectivity index (χ2n) is 38.7. The van der Waals surface area contributed by atoms with Crippen molar-refractivity contribution in [3.05, 3.63) is 201 Å². The van der Waals surface area contributed by atoms with E-state index in [2.05, 4.69) is 344 Å². The van der Waals surface area contributed by atoms with Gasteiger partial charge in [-0.3, -0.25) is 0 Å². The third-order valence-corrected chi connectivity index (χ3v) is 22.2. The molecule has 8 aromatic heterocycles. The van der Waals surface area contributed by atoms with Crippen molar-refractivity contribution in [2.45, 2.75) is 209 Å². The van der Waals surface area contributed by atoms with Crippen LogP contribution in [0, 0.1) is 0 Å². The van der Waals surface area contributed by atoms with Gasteiger partial charge in [-0.1, -0.05) is 239 Å². The first kappa shape index (κ1) is 68.5. The zero-order valence-electron chi connectivity index (χ0n) is 65.8. The van der Waals surface area contributed by atoms with E-state index in [4.69, 9.17) is 19.9 Å². The fourth-order valence-electron chi connectivity index (χ4n) is 15.7. The number of hydrogen-bond acceptors (Lipinski definition) is 4. The number of aromatic nitrogens is 8.